The van der Waals surface area contributed by atoms with Gasteiger partial charge in [-0.2, -0.15) is 0 Å². The molecule has 0 radical (unpaired) electrons. The summed E-state index contributed by atoms with van der Waals surface area (Å²) < 4.78 is 149. The molecule has 0 aliphatic rings. The molecule has 0 amide bonds. The minimum Gasteiger partial charge on any atom is -0.0616 e. The van der Waals surface area contributed by atoms with Crippen molar-refractivity contribution < 1.29 is 21.9 Å². The molecule has 324 valence electrons. The summed E-state index contributed by atoms with van der Waals surface area (Å²) in [5.74, 6) is 0. The number of hydrogen-bond acceptors (Lipinski definition) is 0. The lowest BCUT2D eigenvalue weighted by Crippen LogP contribution is -1.92. The lowest BCUT2D eigenvalue weighted by molar-refractivity contribution is 1.62. The van der Waals surface area contributed by atoms with Crippen LogP contribution < -0.4 is 0 Å². The molecule has 0 spiro atoms. The van der Waals surface area contributed by atoms with E-state index in [-0.39, 0.29) is 114 Å². The minimum atomic E-state index is -0.497. The summed E-state index contributed by atoms with van der Waals surface area (Å²) in [6.07, 6.45) is 0. The van der Waals surface area contributed by atoms with Crippen LogP contribution in [0.1, 0.15) is 21.9 Å². The third-order valence-electron chi connectivity index (χ3n) is 13.7. The van der Waals surface area contributed by atoms with Crippen molar-refractivity contribution in [2.75, 3.05) is 0 Å². The summed E-state index contributed by atoms with van der Waals surface area (Å²) in [6, 6.07) is 45.8. The van der Waals surface area contributed by atoms with Crippen molar-refractivity contribution in [2.24, 2.45) is 0 Å². The SMILES string of the molecule is [2H]c1c([2H])c([2H])c2c(-c3cccc4ccccc34)c3c([2H])c([2H])c([2H])c([2H])c3c(-c3cccc(-c4cccc5c(-c6cccc(-c7c8c([2H])c([2H])c([2H])c([2H])c8c(-c8cccc9ccccc89)c8c([2H])c([2H])c([2H])c([2H])c78)c6)cccc45)c3)c2c1[2H]. The van der Waals surface area contributed by atoms with Crippen molar-refractivity contribution in [3.63, 3.8) is 0 Å². The summed E-state index contributed by atoms with van der Waals surface area (Å²) in [7, 11) is 0. The normalized spacial score (nSPS) is 14.9. The number of benzene rings is 14. The van der Waals surface area contributed by atoms with Gasteiger partial charge in [-0.25, -0.2) is 0 Å². The second kappa shape index (κ2) is 16.3. The zero-order valence-corrected chi connectivity index (χ0v) is 37.2. The van der Waals surface area contributed by atoms with Crippen molar-refractivity contribution in [1.29, 1.82) is 0 Å². The molecule has 0 heteroatoms. The lowest BCUT2D eigenvalue weighted by Gasteiger charge is -2.19. The highest BCUT2D eigenvalue weighted by Gasteiger charge is 2.21. The van der Waals surface area contributed by atoms with E-state index in [1.165, 1.54) is 0 Å². The first-order valence-corrected chi connectivity index (χ1v) is 23.0. The third kappa shape index (κ3) is 6.31. The molecule has 14 rings (SSSR count). The summed E-state index contributed by atoms with van der Waals surface area (Å²) in [4.78, 5) is 0. The van der Waals surface area contributed by atoms with E-state index in [4.69, 9.17) is 11.0 Å². The Morgan fingerprint density at radius 1 is 0.200 bits per heavy atom. The van der Waals surface area contributed by atoms with Crippen molar-refractivity contribution in [2.45, 2.75) is 0 Å². The monoisotopic (exact) mass is 900 g/mol. The second-order valence-electron chi connectivity index (χ2n) is 17.4. The maximum absolute atomic E-state index is 9.61. The fraction of sp³-hybridized carbons (Fsp3) is 0. The first kappa shape index (κ1) is 27.0. The van der Waals surface area contributed by atoms with E-state index in [1.807, 2.05) is 158 Å². The van der Waals surface area contributed by atoms with Crippen LogP contribution in [0, 0.1) is 0 Å². The Labute approximate surface area is 429 Å². The van der Waals surface area contributed by atoms with Crippen LogP contribution in [0.5, 0.6) is 0 Å². The summed E-state index contributed by atoms with van der Waals surface area (Å²) in [6.45, 7) is 0. The molecule has 14 aromatic rings. The first-order valence-electron chi connectivity index (χ1n) is 31.0. The van der Waals surface area contributed by atoms with Crippen LogP contribution in [0.4, 0.5) is 0 Å². The molecule has 0 saturated heterocycles. The average molecular weight is 901 g/mol. The molecule has 0 bridgehead atoms. The second-order valence-corrected chi connectivity index (χ2v) is 17.4. The van der Waals surface area contributed by atoms with Crippen molar-refractivity contribution in [3.8, 4) is 66.8 Å². The molecule has 14 aromatic carbocycles. The Morgan fingerprint density at radius 2 is 0.471 bits per heavy atom. The van der Waals surface area contributed by atoms with E-state index in [0.717, 1.165) is 43.4 Å². The van der Waals surface area contributed by atoms with Crippen LogP contribution in [-0.2, 0) is 0 Å². The lowest BCUT2D eigenvalue weighted by atomic mass is 9.84. The van der Waals surface area contributed by atoms with Crippen molar-refractivity contribution in [1.82, 2.24) is 0 Å². The van der Waals surface area contributed by atoms with Crippen LogP contribution >= 0.6 is 0 Å². The molecule has 0 saturated carbocycles. The Hall–Kier alpha value is -9.10. The van der Waals surface area contributed by atoms with Gasteiger partial charge in [0.05, 0.1) is 21.9 Å². The van der Waals surface area contributed by atoms with Crippen LogP contribution in [-0.4, -0.2) is 0 Å². The molecule has 0 nitrogen and oxygen atoms in total. The molecule has 0 N–H and O–H groups in total. The van der Waals surface area contributed by atoms with E-state index in [0.29, 0.717) is 33.4 Å². The maximum Gasteiger partial charge on any atom is 0.0629 e. The predicted molar refractivity (Wildman–Crippen MR) is 302 cm³/mol. The predicted octanol–water partition coefficient (Wildman–Crippen LogP) is 19.8. The van der Waals surface area contributed by atoms with E-state index in [9.17, 15) is 11.0 Å². The Kier molecular flexibility index (Phi) is 6.30. The largest absolute Gasteiger partial charge is 0.0629 e. The van der Waals surface area contributed by atoms with Crippen molar-refractivity contribution >= 4 is 75.4 Å². The fourth-order valence-corrected chi connectivity index (χ4v) is 10.8. The van der Waals surface area contributed by atoms with E-state index in [1.54, 1.807) is 12.1 Å². The number of fused-ring (bicyclic) bond motifs is 7. The van der Waals surface area contributed by atoms with Crippen LogP contribution in [0.2, 0.25) is 0 Å². The zero-order chi connectivity index (χ0) is 60.0. The van der Waals surface area contributed by atoms with Gasteiger partial charge in [0.15, 0.2) is 0 Å². The molecule has 70 heavy (non-hydrogen) atoms. The first-order chi connectivity index (χ1) is 41.4. The number of hydrogen-bond donors (Lipinski definition) is 0. The molecule has 0 aliphatic heterocycles. The van der Waals surface area contributed by atoms with Gasteiger partial charge in [-0.1, -0.05) is 254 Å². The average Bonchev–Trinajstić information content (AvgIpc) is 0.717. The summed E-state index contributed by atoms with van der Waals surface area (Å²) in [5, 5.41) is 5.59. The fourth-order valence-electron chi connectivity index (χ4n) is 10.8. The van der Waals surface area contributed by atoms with Gasteiger partial charge in [-0.05, 0) is 154 Å². The van der Waals surface area contributed by atoms with Gasteiger partial charge in [0.1, 0.15) is 0 Å². The van der Waals surface area contributed by atoms with Crippen LogP contribution in [0.3, 0.4) is 0 Å². The Morgan fingerprint density at radius 3 is 0.857 bits per heavy atom. The van der Waals surface area contributed by atoms with Gasteiger partial charge in [0, 0.05) is 0 Å². The topological polar surface area (TPSA) is 0 Å². The van der Waals surface area contributed by atoms with E-state index in [2.05, 4.69) is 0 Å². The maximum atomic E-state index is 9.61. The highest BCUT2D eigenvalue weighted by atomic mass is 14.2. The van der Waals surface area contributed by atoms with Gasteiger partial charge in [0.25, 0.3) is 0 Å². The highest BCUT2D eigenvalue weighted by Crippen LogP contribution is 2.48. The molecule has 0 atom stereocenters. The van der Waals surface area contributed by atoms with Gasteiger partial charge >= 0.3 is 0 Å². The van der Waals surface area contributed by atoms with Gasteiger partial charge in [0.2, 0.25) is 0 Å². The highest BCUT2D eigenvalue weighted by molar-refractivity contribution is 6.25. The smallest absolute Gasteiger partial charge is 0.0616 e. The Bertz CT molecular complexity index is 4880. The van der Waals surface area contributed by atoms with Gasteiger partial charge in [-0.15, -0.1) is 0 Å². The molecule has 0 aliphatic carbocycles. The minimum absolute atomic E-state index is 0.101. The van der Waals surface area contributed by atoms with Crippen molar-refractivity contribution in [3.05, 3.63) is 267 Å². The van der Waals surface area contributed by atoms with Gasteiger partial charge in [-0.3, -0.25) is 0 Å². The Balaban J connectivity index is 1.00. The quantitative estimate of drug-likeness (QED) is 0.146. The van der Waals surface area contributed by atoms with E-state index >= 15 is 0 Å². The molecular weight excluding hydrogens is 841 g/mol. The van der Waals surface area contributed by atoms with Crippen LogP contribution in [0.15, 0.2) is 267 Å². The zero-order valence-electron chi connectivity index (χ0n) is 53.2. The molecule has 0 unspecified atom stereocenters. The summed E-state index contributed by atoms with van der Waals surface area (Å²) in [5.41, 5.74) is 5.86. The molecule has 0 fully saturated rings. The van der Waals surface area contributed by atoms with Crippen LogP contribution in [0.25, 0.3) is 142 Å². The van der Waals surface area contributed by atoms with E-state index < -0.39 is 48.3 Å². The molecular formula is C70H44. The molecule has 0 heterocycles. The van der Waals surface area contributed by atoms with Gasteiger partial charge < -0.3 is 0 Å². The standard InChI is InChI=1S/C70H44/c1-3-27-51-45(19-1)21-15-41-57(51)69-63-33-9-5-29-59(63)67(60-30-6-10-34-64(60)69)49-25-13-23-47(43-49)53-37-17-40-56-54(38-18-39-55(53)56)48-24-14-26-50(44-48)68-61-31-7-11-35-65(61)70(66-36-12-8-32-62(66)68)58-42-16-22-46-20-2-4-28-52(46)58/h1-44H/i5D,6D,7D,8D,9D,10D,11D,12D,29D,30D,31D,32D,33D,34D,35D,36D. The third-order valence-corrected chi connectivity index (χ3v) is 13.7. The number of rotatable bonds is 6. The summed E-state index contributed by atoms with van der Waals surface area (Å²) >= 11 is 0. The molecule has 0 aromatic heterocycles.